The maximum Gasteiger partial charge on any atom is 0.137 e. The predicted molar refractivity (Wildman–Crippen MR) is 80.9 cm³/mol. The summed E-state index contributed by atoms with van der Waals surface area (Å²) in [5.41, 5.74) is 2.60. The van der Waals surface area contributed by atoms with Crippen LogP contribution in [0.4, 0.5) is 11.5 Å². The first-order valence-electron chi connectivity index (χ1n) is 6.54. The Balaban J connectivity index is 2.49. The van der Waals surface area contributed by atoms with Crippen LogP contribution in [0.2, 0.25) is 0 Å². The molecule has 1 unspecified atom stereocenters. The van der Waals surface area contributed by atoms with E-state index in [4.69, 9.17) is 0 Å². The van der Waals surface area contributed by atoms with Crippen molar-refractivity contribution in [3.63, 3.8) is 0 Å². The third-order valence-corrected chi connectivity index (χ3v) is 3.42. The molecular weight excluding hydrogens is 248 g/mol. The van der Waals surface area contributed by atoms with Crippen molar-refractivity contribution in [2.45, 2.75) is 13.0 Å². The van der Waals surface area contributed by atoms with Crippen molar-refractivity contribution in [3.8, 4) is 6.07 Å². The molecule has 0 radical (unpaired) electrons. The summed E-state index contributed by atoms with van der Waals surface area (Å²) in [7, 11) is 3.86. The zero-order valence-corrected chi connectivity index (χ0v) is 12.0. The van der Waals surface area contributed by atoms with Crippen LogP contribution in [0.15, 0.2) is 42.6 Å². The van der Waals surface area contributed by atoms with Gasteiger partial charge in [0.25, 0.3) is 0 Å². The van der Waals surface area contributed by atoms with Crippen LogP contribution in [-0.2, 0) is 0 Å². The van der Waals surface area contributed by atoms with Gasteiger partial charge >= 0.3 is 0 Å². The van der Waals surface area contributed by atoms with Crippen LogP contribution < -0.4 is 10.2 Å². The molecule has 2 rings (SSSR count). The molecule has 0 aliphatic heterocycles. The number of nitrogens with one attached hydrogen (secondary N) is 1. The zero-order valence-electron chi connectivity index (χ0n) is 12.0. The Kier molecular flexibility index (Phi) is 4.34. The van der Waals surface area contributed by atoms with Gasteiger partial charge in [-0.3, -0.25) is 0 Å². The lowest BCUT2D eigenvalue weighted by atomic mass is 10.1. The van der Waals surface area contributed by atoms with Gasteiger partial charge in [0.15, 0.2) is 0 Å². The molecule has 0 bridgehead atoms. The molecule has 1 aromatic carbocycles. The molecule has 0 spiro atoms. The van der Waals surface area contributed by atoms with Gasteiger partial charge in [-0.05, 0) is 32.2 Å². The van der Waals surface area contributed by atoms with Crippen molar-refractivity contribution in [1.29, 1.82) is 5.26 Å². The minimum absolute atomic E-state index is 0.190. The summed E-state index contributed by atoms with van der Waals surface area (Å²) in [5, 5.41) is 12.5. The van der Waals surface area contributed by atoms with E-state index in [1.54, 1.807) is 6.20 Å². The number of hydrogen-bond donors (Lipinski definition) is 1. The Hall–Kier alpha value is -2.38. The van der Waals surface area contributed by atoms with Crippen molar-refractivity contribution in [1.82, 2.24) is 10.3 Å². The standard InChI is InChI=1S/C16H18N4/c1-12(18-2)14-8-6-10-19-16(14)20(3)15-9-5-4-7-13(15)11-17/h4-10,12,18H,1-3H3. The molecule has 2 aromatic rings. The predicted octanol–water partition coefficient (Wildman–Crippen LogP) is 3.00. The third-order valence-electron chi connectivity index (χ3n) is 3.42. The van der Waals surface area contributed by atoms with Gasteiger partial charge in [0.1, 0.15) is 11.9 Å². The summed E-state index contributed by atoms with van der Waals surface area (Å²) in [6.07, 6.45) is 1.77. The number of rotatable bonds is 4. The second-order valence-corrected chi connectivity index (χ2v) is 4.61. The Labute approximate surface area is 119 Å². The minimum Gasteiger partial charge on any atom is -0.328 e. The lowest BCUT2D eigenvalue weighted by Gasteiger charge is -2.24. The maximum atomic E-state index is 9.23. The molecule has 4 heteroatoms. The number of anilines is 2. The highest BCUT2D eigenvalue weighted by Gasteiger charge is 2.16. The van der Waals surface area contributed by atoms with Gasteiger partial charge in [-0.15, -0.1) is 0 Å². The molecule has 1 N–H and O–H groups in total. The molecule has 0 saturated heterocycles. The number of aromatic nitrogens is 1. The van der Waals surface area contributed by atoms with Crippen LogP contribution >= 0.6 is 0 Å². The molecule has 4 nitrogen and oxygen atoms in total. The lowest BCUT2D eigenvalue weighted by molar-refractivity contribution is 0.649. The molecule has 0 saturated carbocycles. The van der Waals surface area contributed by atoms with E-state index >= 15 is 0 Å². The van der Waals surface area contributed by atoms with Crippen LogP contribution in [0, 0.1) is 11.3 Å². The first-order chi connectivity index (χ1) is 9.69. The molecule has 0 aliphatic carbocycles. The molecule has 102 valence electrons. The van der Waals surface area contributed by atoms with E-state index in [9.17, 15) is 5.26 Å². The summed E-state index contributed by atoms with van der Waals surface area (Å²) in [6, 6.07) is 13.9. The molecule has 0 amide bonds. The number of nitrogens with zero attached hydrogens (tertiary/aromatic N) is 3. The Morgan fingerprint density at radius 3 is 2.70 bits per heavy atom. The van der Waals surface area contributed by atoms with Crippen molar-refractivity contribution < 1.29 is 0 Å². The first kappa shape index (κ1) is 14.0. The Morgan fingerprint density at radius 1 is 1.25 bits per heavy atom. The van der Waals surface area contributed by atoms with Crippen molar-refractivity contribution in [2.75, 3.05) is 19.0 Å². The fourth-order valence-electron chi connectivity index (χ4n) is 2.16. The average Bonchev–Trinajstić information content (AvgIpc) is 2.53. The van der Waals surface area contributed by atoms with Crippen molar-refractivity contribution in [2.24, 2.45) is 0 Å². The van der Waals surface area contributed by atoms with Crippen LogP contribution in [0.25, 0.3) is 0 Å². The van der Waals surface area contributed by atoms with Gasteiger partial charge < -0.3 is 10.2 Å². The fraction of sp³-hybridized carbons (Fsp3) is 0.250. The van der Waals surface area contributed by atoms with Crippen molar-refractivity contribution >= 4 is 11.5 Å². The normalized spacial score (nSPS) is 11.7. The minimum atomic E-state index is 0.190. The van der Waals surface area contributed by atoms with Gasteiger partial charge in [0.2, 0.25) is 0 Å². The summed E-state index contributed by atoms with van der Waals surface area (Å²) in [6.45, 7) is 2.09. The number of pyridine rings is 1. The quantitative estimate of drug-likeness (QED) is 0.924. The van der Waals surface area contributed by atoms with E-state index in [1.807, 2.05) is 49.3 Å². The van der Waals surface area contributed by atoms with Gasteiger partial charge in [-0.1, -0.05) is 18.2 Å². The summed E-state index contributed by atoms with van der Waals surface area (Å²) >= 11 is 0. The summed E-state index contributed by atoms with van der Waals surface area (Å²) in [4.78, 5) is 6.44. The molecule has 20 heavy (non-hydrogen) atoms. The van der Waals surface area contributed by atoms with Crippen LogP contribution in [-0.4, -0.2) is 19.1 Å². The van der Waals surface area contributed by atoms with E-state index in [0.29, 0.717) is 5.56 Å². The van der Waals surface area contributed by atoms with E-state index < -0.39 is 0 Å². The molecule has 1 atom stereocenters. The van der Waals surface area contributed by atoms with Crippen LogP contribution in [0.5, 0.6) is 0 Å². The highest BCUT2D eigenvalue weighted by molar-refractivity contribution is 5.68. The largest absolute Gasteiger partial charge is 0.328 e. The zero-order chi connectivity index (χ0) is 14.5. The Bertz CT molecular complexity index is 630. The summed E-state index contributed by atoms with van der Waals surface area (Å²) in [5.74, 6) is 0.858. The number of hydrogen-bond acceptors (Lipinski definition) is 4. The Morgan fingerprint density at radius 2 is 2.00 bits per heavy atom. The molecule has 0 aliphatic rings. The molecule has 1 aromatic heterocycles. The second-order valence-electron chi connectivity index (χ2n) is 4.61. The third kappa shape index (κ3) is 2.63. The molecule has 0 fully saturated rings. The number of para-hydroxylation sites is 1. The van der Waals surface area contributed by atoms with E-state index in [1.165, 1.54) is 0 Å². The molecule has 1 heterocycles. The number of benzene rings is 1. The van der Waals surface area contributed by atoms with E-state index in [0.717, 1.165) is 17.1 Å². The summed E-state index contributed by atoms with van der Waals surface area (Å²) < 4.78 is 0. The topological polar surface area (TPSA) is 52.0 Å². The fourth-order valence-corrected chi connectivity index (χ4v) is 2.16. The SMILES string of the molecule is CNC(C)c1cccnc1N(C)c1ccccc1C#N. The second kappa shape index (κ2) is 6.18. The highest BCUT2D eigenvalue weighted by atomic mass is 15.2. The van der Waals surface area contributed by atoms with Gasteiger partial charge in [0.05, 0.1) is 11.3 Å². The lowest BCUT2D eigenvalue weighted by Crippen LogP contribution is -2.19. The smallest absolute Gasteiger partial charge is 0.137 e. The highest BCUT2D eigenvalue weighted by Crippen LogP contribution is 2.30. The average molecular weight is 266 g/mol. The monoisotopic (exact) mass is 266 g/mol. The van der Waals surface area contributed by atoms with Gasteiger partial charge in [0, 0.05) is 24.8 Å². The van der Waals surface area contributed by atoms with Gasteiger partial charge in [-0.2, -0.15) is 5.26 Å². The van der Waals surface area contributed by atoms with Crippen LogP contribution in [0.1, 0.15) is 24.1 Å². The maximum absolute atomic E-state index is 9.23. The number of nitriles is 1. The first-order valence-corrected chi connectivity index (χ1v) is 6.54. The van der Waals surface area contributed by atoms with Crippen molar-refractivity contribution in [3.05, 3.63) is 53.7 Å². The van der Waals surface area contributed by atoms with E-state index in [-0.39, 0.29) is 6.04 Å². The van der Waals surface area contributed by atoms with E-state index in [2.05, 4.69) is 29.4 Å². The molecular formula is C16H18N4. The van der Waals surface area contributed by atoms with Crippen LogP contribution in [0.3, 0.4) is 0 Å². The van der Waals surface area contributed by atoms with Gasteiger partial charge in [-0.25, -0.2) is 4.98 Å².